The van der Waals surface area contributed by atoms with Crippen LogP contribution in [0.1, 0.15) is 22.8 Å². The summed E-state index contributed by atoms with van der Waals surface area (Å²) in [4.78, 5) is 25.9. The van der Waals surface area contributed by atoms with Gasteiger partial charge in [0.2, 0.25) is 5.91 Å². The fraction of sp³-hybridized carbons (Fsp3) is 0.200. The molecule has 0 radical (unpaired) electrons. The third-order valence-electron chi connectivity index (χ3n) is 4.45. The first-order chi connectivity index (χ1) is 12.5. The molecule has 0 spiro atoms. The largest absolute Gasteiger partial charge is 0.366 e. The second-order valence-corrected chi connectivity index (χ2v) is 7.21. The van der Waals surface area contributed by atoms with Crippen LogP contribution in [0.25, 0.3) is 10.8 Å². The number of likely N-dealkylation sites (N-methyl/N-ethyl adjacent to an activating group) is 1. The van der Waals surface area contributed by atoms with Crippen LogP contribution >= 0.6 is 11.3 Å². The summed E-state index contributed by atoms with van der Waals surface area (Å²) in [7, 11) is 1.91. The van der Waals surface area contributed by atoms with Crippen LogP contribution in [0.2, 0.25) is 0 Å². The number of nitrogens with two attached hydrogens (primary N) is 1. The number of primary amides is 1. The molecular formula is C20H21N3O2S. The summed E-state index contributed by atoms with van der Waals surface area (Å²) >= 11 is 1.29. The second kappa shape index (κ2) is 7.68. The number of benzene rings is 2. The molecule has 2 aromatic carbocycles. The van der Waals surface area contributed by atoms with Crippen LogP contribution in [0.3, 0.4) is 0 Å². The van der Waals surface area contributed by atoms with E-state index in [4.69, 9.17) is 5.73 Å². The standard InChI is InChI=1S/C20H21N3O2S/c1-13(19(25)22-20-17(18(21)24)9-10-26-20)23(2)12-14-7-8-15-5-3-4-6-16(15)11-14/h3-11,13H,12H2,1-2H3,(H2,21,24)(H,22,25). The Hall–Kier alpha value is -2.70. The molecule has 3 aromatic rings. The molecule has 3 N–H and O–H groups in total. The zero-order chi connectivity index (χ0) is 18.7. The molecule has 6 heteroatoms. The topological polar surface area (TPSA) is 75.4 Å². The van der Waals surface area contributed by atoms with Gasteiger partial charge in [-0.25, -0.2) is 0 Å². The minimum absolute atomic E-state index is 0.168. The van der Waals surface area contributed by atoms with Gasteiger partial charge in [-0.15, -0.1) is 11.3 Å². The molecule has 0 aliphatic rings. The zero-order valence-electron chi connectivity index (χ0n) is 14.7. The molecule has 5 nitrogen and oxygen atoms in total. The SMILES string of the molecule is CC(C(=O)Nc1sccc1C(N)=O)N(C)Cc1ccc2ccccc2c1. The van der Waals surface area contributed by atoms with Gasteiger partial charge in [0.05, 0.1) is 11.6 Å². The number of nitrogens with zero attached hydrogens (tertiary/aromatic N) is 1. The van der Waals surface area contributed by atoms with Crippen molar-refractivity contribution in [3.05, 3.63) is 65.0 Å². The molecule has 0 saturated carbocycles. The molecule has 1 aromatic heterocycles. The Kier molecular flexibility index (Phi) is 5.35. The van der Waals surface area contributed by atoms with Gasteiger partial charge in [-0.05, 0) is 47.8 Å². The first-order valence-electron chi connectivity index (χ1n) is 8.32. The molecule has 1 unspecified atom stereocenters. The molecule has 0 aliphatic heterocycles. The number of rotatable bonds is 6. The van der Waals surface area contributed by atoms with E-state index in [1.807, 2.05) is 31.0 Å². The fourth-order valence-corrected chi connectivity index (χ4v) is 3.57. The monoisotopic (exact) mass is 367 g/mol. The number of carbonyl (C=O) groups is 2. The Morgan fingerprint density at radius 3 is 2.62 bits per heavy atom. The normalized spacial score (nSPS) is 12.3. The highest BCUT2D eigenvalue weighted by Crippen LogP contribution is 2.23. The number of hydrogen-bond donors (Lipinski definition) is 2. The lowest BCUT2D eigenvalue weighted by atomic mass is 10.1. The maximum atomic E-state index is 12.5. The van der Waals surface area contributed by atoms with E-state index < -0.39 is 5.91 Å². The van der Waals surface area contributed by atoms with E-state index >= 15 is 0 Å². The van der Waals surface area contributed by atoms with Gasteiger partial charge in [-0.3, -0.25) is 14.5 Å². The molecular weight excluding hydrogens is 346 g/mol. The van der Waals surface area contributed by atoms with E-state index in [9.17, 15) is 9.59 Å². The number of hydrogen-bond acceptors (Lipinski definition) is 4. The average molecular weight is 367 g/mol. The number of fused-ring (bicyclic) bond motifs is 1. The van der Waals surface area contributed by atoms with Crippen molar-refractivity contribution in [2.75, 3.05) is 12.4 Å². The first-order valence-corrected chi connectivity index (χ1v) is 9.20. The van der Waals surface area contributed by atoms with Crippen molar-refractivity contribution in [2.24, 2.45) is 5.73 Å². The molecule has 0 aliphatic carbocycles. The summed E-state index contributed by atoms with van der Waals surface area (Å²) in [5.74, 6) is -0.711. The lowest BCUT2D eigenvalue weighted by molar-refractivity contribution is -0.120. The van der Waals surface area contributed by atoms with Gasteiger partial charge in [0.15, 0.2) is 0 Å². The molecule has 1 heterocycles. The third-order valence-corrected chi connectivity index (χ3v) is 5.28. The zero-order valence-corrected chi connectivity index (χ0v) is 15.5. The van der Waals surface area contributed by atoms with Crippen molar-refractivity contribution < 1.29 is 9.59 Å². The van der Waals surface area contributed by atoms with Gasteiger partial charge in [-0.2, -0.15) is 0 Å². The van der Waals surface area contributed by atoms with E-state index in [0.717, 1.165) is 5.56 Å². The van der Waals surface area contributed by atoms with Crippen LogP contribution < -0.4 is 11.1 Å². The first kappa shape index (κ1) is 18.1. The molecule has 0 fully saturated rings. The van der Waals surface area contributed by atoms with Crippen LogP contribution in [-0.4, -0.2) is 29.8 Å². The lowest BCUT2D eigenvalue weighted by Gasteiger charge is -2.24. The summed E-state index contributed by atoms with van der Waals surface area (Å²) in [6.45, 7) is 2.49. The predicted molar refractivity (Wildman–Crippen MR) is 106 cm³/mol. The van der Waals surface area contributed by atoms with Crippen LogP contribution in [0.15, 0.2) is 53.9 Å². The van der Waals surface area contributed by atoms with Gasteiger partial charge in [-0.1, -0.05) is 36.4 Å². The highest BCUT2D eigenvalue weighted by Gasteiger charge is 2.20. The van der Waals surface area contributed by atoms with Crippen molar-refractivity contribution in [1.82, 2.24) is 4.90 Å². The van der Waals surface area contributed by atoms with Crippen LogP contribution in [0, 0.1) is 0 Å². The molecule has 0 bridgehead atoms. The van der Waals surface area contributed by atoms with Crippen molar-refractivity contribution in [1.29, 1.82) is 0 Å². The maximum Gasteiger partial charge on any atom is 0.251 e. The fourth-order valence-electron chi connectivity index (χ4n) is 2.78. The summed E-state index contributed by atoms with van der Waals surface area (Å²) < 4.78 is 0. The van der Waals surface area contributed by atoms with Crippen LogP contribution in [-0.2, 0) is 11.3 Å². The Morgan fingerprint density at radius 1 is 1.15 bits per heavy atom. The van der Waals surface area contributed by atoms with Gasteiger partial charge < -0.3 is 11.1 Å². The molecule has 26 heavy (non-hydrogen) atoms. The van der Waals surface area contributed by atoms with Gasteiger partial charge in [0, 0.05) is 6.54 Å². The molecule has 3 rings (SSSR count). The minimum Gasteiger partial charge on any atom is -0.366 e. The quantitative estimate of drug-likeness (QED) is 0.700. The van der Waals surface area contributed by atoms with E-state index in [1.165, 1.54) is 22.1 Å². The number of amides is 2. The van der Waals surface area contributed by atoms with Crippen molar-refractivity contribution >= 4 is 38.9 Å². The van der Waals surface area contributed by atoms with E-state index in [-0.39, 0.29) is 11.9 Å². The summed E-state index contributed by atoms with van der Waals surface area (Å²) in [5.41, 5.74) is 6.80. The second-order valence-electron chi connectivity index (χ2n) is 6.29. The highest BCUT2D eigenvalue weighted by atomic mass is 32.1. The molecule has 134 valence electrons. The Morgan fingerprint density at radius 2 is 1.88 bits per heavy atom. The number of thiophene rings is 1. The summed E-state index contributed by atoms with van der Waals surface area (Å²) in [5, 5.41) is 7.41. The Bertz CT molecular complexity index is 951. The van der Waals surface area contributed by atoms with Gasteiger partial charge in [0.1, 0.15) is 5.00 Å². The van der Waals surface area contributed by atoms with Gasteiger partial charge >= 0.3 is 0 Å². The summed E-state index contributed by atoms with van der Waals surface area (Å²) in [6, 6.07) is 15.8. The van der Waals surface area contributed by atoms with Crippen molar-refractivity contribution in [2.45, 2.75) is 19.5 Å². The molecule has 0 saturated heterocycles. The summed E-state index contributed by atoms with van der Waals surface area (Å²) in [6.07, 6.45) is 0. The van der Waals surface area contributed by atoms with E-state index in [0.29, 0.717) is 17.1 Å². The van der Waals surface area contributed by atoms with Crippen LogP contribution in [0.4, 0.5) is 5.00 Å². The van der Waals surface area contributed by atoms with Crippen molar-refractivity contribution in [3.63, 3.8) is 0 Å². The van der Waals surface area contributed by atoms with Gasteiger partial charge in [0.25, 0.3) is 5.91 Å². The number of nitrogens with one attached hydrogen (secondary N) is 1. The van der Waals surface area contributed by atoms with Crippen molar-refractivity contribution in [3.8, 4) is 0 Å². The Balaban J connectivity index is 1.67. The molecule has 1 atom stereocenters. The number of carbonyl (C=O) groups excluding carboxylic acids is 2. The third kappa shape index (κ3) is 3.92. The smallest absolute Gasteiger partial charge is 0.251 e. The average Bonchev–Trinajstić information content (AvgIpc) is 3.09. The predicted octanol–water partition coefficient (Wildman–Crippen LogP) is 3.46. The highest BCUT2D eigenvalue weighted by molar-refractivity contribution is 7.14. The molecule has 2 amide bonds. The van der Waals surface area contributed by atoms with E-state index in [2.05, 4.69) is 35.6 Å². The maximum absolute atomic E-state index is 12.5. The van der Waals surface area contributed by atoms with Crippen LogP contribution in [0.5, 0.6) is 0 Å². The lowest BCUT2D eigenvalue weighted by Crippen LogP contribution is -2.39. The number of anilines is 1. The Labute approximate surface area is 156 Å². The van der Waals surface area contributed by atoms with E-state index in [1.54, 1.807) is 11.4 Å². The minimum atomic E-state index is -0.543.